The van der Waals surface area contributed by atoms with E-state index < -0.39 is 18.3 Å². The second-order valence-electron chi connectivity index (χ2n) is 7.78. The number of rotatable bonds is 7. The van der Waals surface area contributed by atoms with Crippen molar-refractivity contribution in [3.63, 3.8) is 0 Å². The number of likely N-dealkylation sites (tertiary alicyclic amines) is 1. The monoisotopic (exact) mass is 448 g/mol. The van der Waals surface area contributed by atoms with Crippen molar-refractivity contribution < 1.29 is 27.1 Å². The summed E-state index contributed by atoms with van der Waals surface area (Å²) in [4.78, 5) is 12.9. The van der Waals surface area contributed by atoms with E-state index in [2.05, 4.69) is 16.6 Å². The van der Waals surface area contributed by atoms with Gasteiger partial charge in [0.25, 0.3) is 0 Å². The first-order chi connectivity index (χ1) is 15.1. The normalized spacial score (nSPS) is 19.6. The lowest BCUT2D eigenvalue weighted by Crippen LogP contribution is -2.31. The molecule has 1 saturated heterocycles. The third kappa shape index (κ3) is 5.76. The number of nitrogens with zero attached hydrogens (tertiary/aromatic N) is 1. The Hall–Kier alpha value is -3.13. The predicted molar refractivity (Wildman–Crippen MR) is 116 cm³/mol. The number of carbonyl (C=O) groups excluding carboxylic acids is 1. The van der Waals surface area contributed by atoms with Crippen LogP contribution in [-0.4, -0.2) is 43.4 Å². The largest absolute Gasteiger partial charge is 0.573 e. The molecule has 1 heterocycles. The fraction of sp³-hybridized carbons (Fsp3) is 0.292. The number of benzene rings is 2. The van der Waals surface area contributed by atoms with Crippen molar-refractivity contribution in [2.24, 2.45) is 0 Å². The maximum Gasteiger partial charge on any atom is 0.573 e. The molecule has 1 aliphatic heterocycles. The molecule has 4 nitrogen and oxygen atoms in total. The minimum absolute atomic E-state index is 0.0849. The van der Waals surface area contributed by atoms with Crippen LogP contribution < -0.4 is 10.1 Å². The number of likely N-dealkylation sites (N-methyl/N-ethyl adjacent to an activating group) is 1. The summed E-state index contributed by atoms with van der Waals surface area (Å²) in [6, 6.07) is 10.7. The van der Waals surface area contributed by atoms with Gasteiger partial charge < -0.3 is 10.1 Å². The Morgan fingerprint density at radius 3 is 2.47 bits per heavy atom. The highest BCUT2D eigenvalue weighted by atomic mass is 19.4. The van der Waals surface area contributed by atoms with Crippen molar-refractivity contribution >= 4 is 11.9 Å². The lowest BCUT2D eigenvalue weighted by atomic mass is 9.99. The highest BCUT2D eigenvalue weighted by molar-refractivity contribution is 5.81. The molecule has 1 N–H and O–H groups in total. The molecule has 0 aromatic heterocycles. The molecule has 0 amide bonds. The zero-order valence-corrected chi connectivity index (χ0v) is 17.7. The summed E-state index contributed by atoms with van der Waals surface area (Å²) in [6.45, 7) is 6.26. The van der Waals surface area contributed by atoms with Crippen LogP contribution >= 0.6 is 0 Å². The molecule has 8 heteroatoms. The Morgan fingerprint density at radius 2 is 1.91 bits per heavy atom. The van der Waals surface area contributed by atoms with Gasteiger partial charge in [-0.3, -0.25) is 9.69 Å². The van der Waals surface area contributed by atoms with E-state index >= 15 is 0 Å². The summed E-state index contributed by atoms with van der Waals surface area (Å²) in [5.74, 6) is -0.438. The first kappa shape index (κ1) is 23.5. The molecule has 32 heavy (non-hydrogen) atoms. The molecule has 1 aliphatic rings. The van der Waals surface area contributed by atoms with Crippen LogP contribution in [0.3, 0.4) is 0 Å². The number of halogens is 4. The SMILES string of the molecule is C=C(N/C=C(\C)c1ccc(-c2ccc(C=O)cc2OC(F)(F)F)cc1)C1C[C@@H](F)CN1C. The maximum absolute atomic E-state index is 13.6. The first-order valence-corrected chi connectivity index (χ1v) is 9.99. The summed E-state index contributed by atoms with van der Waals surface area (Å²) in [7, 11) is 1.85. The molecule has 0 saturated carbocycles. The molecule has 0 aliphatic carbocycles. The van der Waals surface area contributed by atoms with Gasteiger partial charge in [0.2, 0.25) is 0 Å². The van der Waals surface area contributed by atoms with Crippen LogP contribution in [0.15, 0.2) is 60.9 Å². The molecule has 2 aromatic carbocycles. The van der Waals surface area contributed by atoms with Crippen LogP contribution in [0.4, 0.5) is 17.6 Å². The van der Waals surface area contributed by atoms with Crippen molar-refractivity contribution in [3.05, 3.63) is 72.1 Å². The summed E-state index contributed by atoms with van der Waals surface area (Å²) in [5.41, 5.74) is 3.24. The fourth-order valence-corrected chi connectivity index (χ4v) is 3.70. The number of carbonyl (C=O) groups is 1. The van der Waals surface area contributed by atoms with Gasteiger partial charge in [-0.05, 0) is 42.8 Å². The number of ether oxygens (including phenoxy) is 1. The van der Waals surface area contributed by atoms with Gasteiger partial charge in [-0.15, -0.1) is 13.2 Å². The molecule has 1 fully saturated rings. The van der Waals surface area contributed by atoms with E-state index in [1.54, 1.807) is 30.5 Å². The summed E-state index contributed by atoms with van der Waals surface area (Å²) < 4.78 is 56.1. The van der Waals surface area contributed by atoms with Crippen LogP contribution in [-0.2, 0) is 0 Å². The molecule has 2 aromatic rings. The second kappa shape index (κ2) is 9.56. The summed E-state index contributed by atoms with van der Waals surface area (Å²) >= 11 is 0. The van der Waals surface area contributed by atoms with E-state index in [0.29, 0.717) is 30.5 Å². The van der Waals surface area contributed by atoms with Gasteiger partial charge in [-0.2, -0.15) is 0 Å². The van der Waals surface area contributed by atoms with Gasteiger partial charge in [0.1, 0.15) is 18.2 Å². The number of allylic oxidation sites excluding steroid dienone is 1. The van der Waals surface area contributed by atoms with E-state index in [0.717, 1.165) is 17.2 Å². The third-order valence-electron chi connectivity index (χ3n) is 5.39. The number of alkyl halides is 4. The van der Waals surface area contributed by atoms with Crippen LogP contribution in [0.2, 0.25) is 0 Å². The number of aldehydes is 1. The molecule has 2 atom stereocenters. The molecule has 1 unspecified atom stereocenters. The van der Waals surface area contributed by atoms with E-state index in [1.807, 2.05) is 18.9 Å². The van der Waals surface area contributed by atoms with E-state index in [4.69, 9.17) is 0 Å². The number of hydrogen-bond donors (Lipinski definition) is 1. The van der Waals surface area contributed by atoms with Gasteiger partial charge in [0.15, 0.2) is 0 Å². The Balaban J connectivity index is 1.77. The van der Waals surface area contributed by atoms with Crippen molar-refractivity contribution in [1.29, 1.82) is 0 Å². The Labute approximate surface area is 184 Å². The standard InChI is InChI=1S/C24H24F4N2O2/c1-15(12-29-16(2)22-11-20(25)13-30(22)3)18-5-7-19(8-6-18)21-9-4-17(14-31)10-23(21)32-24(26,27)28/h4-10,12,14,20,22,29H,2,11,13H2,1,3H3/b15-12+/t20-,22?/m1/s1. The first-order valence-electron chi connectivity index (χ1n) is 9.99. The summed E-state index contributed by atoms with van der Waals surface area (Å²) in [5, 5.41) is 3.12. The van der Waals surface area contributed by atoms with E-state index in [1.165, 1.54) is 12.1 Å². The third-order valence-corrected chi connectivity index (χ3v) is 5.39. The van der Waals surface area contributed by atoms with E-state index in [-0.39, 0.29) is 17.2 Å². The maximum atomic E-state index is 13.6. The van der Waals surface area contributed by atoms with Crippen molar-refractivity contribution in [1.82, 2.24) is 10.2 Å². The Kier molecular flexibility index (Phi) is 7.03. The average Bonchev–Trinajstić information content (AvgIpc) is 3.08. The minimum atomic E-state index is -4.88. The van der Waals surface area contributed by atoms with Gasteiger partial charge in [-0.25, -0.2) is 4.39 Å². The van der Waals surface area contributed by atoms with Crippen LogP contribution in [0.1, 0.15) is 29.3 Å². The molecule has 0 spiro atoms. The zero-order valence-electron chi connectivity index (χ0n) is 17.7. The minimum Gasteiger partial charge on any atom is -0.405 e. The Morgan fingerprint density at radius 1 is 1.22 bits per heavy atom. The lowest BCUT2D eigenvalue weighted by molar-refractivity contribution is -0.274. The van der Waals surface area contributed by atoms with E-state index in [9.17, 15) is 22.4 Å². The molecule has 3 rings (SSSR count). The van der Waals surface area contributed by atoms with Gasteiger partial charge >= 0.3 is 6.36 Å². The molecule has 0 bridgehead atoms. The van der Waals surface area contributed by atoms with Gasteiger partial charge in [0.05, 0.1) is 6.04 Å². The average molecular weight is 448 g/mol. The quantitative estimate of drug-likeness (QED) is 0.444. The predicted octanol–water partition coefficient (Wildman–Crippen LogP) is 5.57. The Bertz CT molecular complexity index is 1020. The van der Waals surface area contributed by atoms with Crippen LogP contribution in [0.5, 0.6) is 5.75 Å². The molecule has 170 valence electrons. The van der Waals surface area contributed by atoms with Crippen molar-refractivity contribution in [3.8, 4) is 16.9 Å². The van der Waals surface area contributed by atoms with Crippen molar-refractivity contribution in [2.45, 2.75) is 31.9 Å². The lowest BCUT2D eigenvalue weighted by Gasteiger charge is -2.21. The molecular weight excluding hydrogens is 424 g/mol. The highest BCUT2D eigenvalue weighted by Gasteiger charge is 2.32. The topological polar surface area (TPSA) is 41.6 Å². The molecular formula is C24H24F4N2O2. The summed E-state index contributed by atoms with van der Waals surface area (Å²) in [6.07, 6.45) is -3.11. The number of hydrogen-bond acceptors (Lipinski definition) is 4. The second-order valence-corrected chi connectivity index (χ2v) is 7.78. The van der Waals surface area contributed by atoms with Gasteiger partial charge in [-0.1, -0.05) is 36.9 Å². The van der Waals surface area contributed by atoms with Crippen molar-refractivity contribution in [2.75, 3.05) is 13.6 Å². The van der Waals surface area contributed by atoms with Crippen LogP contribution in [0.25, 0.3) is 16.7 Å². The fourth-order valence-electron chi connectivity index (χ4n) is 3.70. The zero-order chi connectivity index (χ0) is 23.5. The molecule has 0 radical (unpaired) electrons. The highest BCUT2D eigenvalue weighted by Crippen LogP contribution is 2.35. The van der Waals surface area contributed by atoms with Gasteiger partial charge in [0, 0.05) is 36.0 Å². The number of nitrogens with one attached hydrogen (secondary N) is 1. The van der Waals surface area contributed by atoms with Crippen LogP contribution in [0, 0.1) is 0 Å². The smallest absolute Gasteiger partial charge is 0.405 e.